The van der Waals surface area contributed by atoms with E-state index in [1.165, 1.54) is 37.7 Å². The summed E-state index contributed by atoms with van der Waals surface area (Å²) in [6, 6.07) is 8.50. The smallest absolute Gasteiger partial charge is 0.0861 e. The van der Waals surface area contributed by atoms with E-state index in [2.05, 4.69) is 31.2 Å². The van der Waals surface area contributed by atoms with Gasteiger partial charge in [0.05, 0.1) is 6.10 Å². The first-order valence-electron chi connectivity index (χ1n) is 8.67. The number of rotatable bonds is 5. The molecule has 1 aromatic rings. The maximum Gasteiger partial charge on any atom is 0.0861 e. The van der Waals surface area contributed by atoms with Crippen LogP contribution in [0.3, 0.4) is 0 Å². The number of aliphatic hydroxyl groups is 1. The molecule has 2 aliphatic carbocycles. The molecule has 116 valence electrons. The Morgan fingerprint density at radius 3 is 2.43 bits per heavy atom. The summed E-state index contributed by atoms with van der Waals surface area (Å²) in [5.74, 6) is 1.51. The van der Waals surface area contributed by atoms with E-state index in [0.717, 1.165) is 24.3 Å². The molecule has 0 saturated heterocycles. The molecular formula is C19H29NO. The summed E-state index contributed by atoms with van der Waals surface area (Å²) in [6.45, 7) is 2.88. The van der Waals surface area contributed by atoms with Crippen LogP contribution in [0.1, 0.15) is 75.0 Å². The van der Waals surface area contributed by atoms with E-state index in [1.807, 2.05) is 0 Å². The number of nitrogens with two attached hydrogens (primary N) is 1. The molecule has 1 unspecified atom stereocenters. The van der Waals surface area contributed by atoms with Gasteiger partial charge in [-0.25, -0.2) is 0 Å². The number of aliphatic hydroxyl groups excluding tert-OH is 1. The van der Waals surface area contributed by atoms with Gasteiger partial charge in [-0.1, -0.05) is 37.6 Å². The number of hydrogen-bond donors (Lipinski definition) is 2. The minimum absolute atomic E-state index is 0.101. The summed E-state index contributed by atoms with van der Waals surface area (Å²) in [4.78, 5) is 0. The molecule has 2 aliphatic rings. The topological polar surface area (TPSA) is 46.2 Å². The van der Waals surface area contributed by atoms with Gasteiger partial charge in [0.2, 0.25) is 0 Å². The van der Waals surface area contributed by atoms with Gasteiger partial charge >= 0.3 is 0 Å². The lowest BCUT2D eigenvalue weighted by Gasteiger charge is -2.43. The van der Waals surface area contributed by atoms with E-state index in [0.29, 0.717) is 12.5 Å². The van der Waals surface area contributed by atoms with Gasteiger partial charge in [0, 0.05) is 12.0 Å². The van der Waals surface area contributed by atoms with Crippen molar-refractivity contribution in [3.05, 3.63) is 35.4 Å². The molecule has 2 heteroatoms. The second kappa shape index (κ2) is 6.10. The van der Waals surface area contributed by atoms with Crippen molar-refractivity contribution in [3.8, 4) is 0 Å². The molecule has 2 nitrogen and oxygen atoms in total. The molecule has 2 fully saturated rings. The maximum atomic E-state index is 11.1. The fourth-order valence-electron chi connectivity index (χ4n) is 4.11. The molecule has 0 bridgehead atoms. The van der Waals surface area contributed by atoms with E-state index < -0.39 is 6.10 Å². The Hall–Kier alpha value is -0.860. The third-order valence-corrected chi connectivity index (χ3v) is 5.97. The highest BCUT2D eigenvalue weighted by Gasteiger charge is 2.42. The predicted molar refractivity (Wildman–Crippen MR) is 87.1 cm³/mol. The number of hydrogen-bond acceptors (Lipinski definition) is 2. The molecule has 0 heterocycles. The summed E-state index contributed by atoms with van der Waals surface area (Å²) < 4.78 is 0. The van der Waals surface area contributed by atoms with Crippen molar-refractivity contribution in [1.82, 2.24) is 0 Å². The molecule has 2 saturated carbocycles. The van der Waals surface area contributed by atoms with E-state index in [4.69, 9.17) is 5.73 Å². The molecule has 1 atom stereocenters. The second-order valence-electron chi connectivity index (χ2n) is 7.22. The average molecular weight is 287 g/mol. The fourth-order valence-corrected chi connectivity index (χ4v) is 4.11. The van der Waals surface area contributed by atoms with E-state index in [1.54, 1.807) is 0 Å². The highest BCUT2D eigenvalue weighted by Crippen LogP contribution is 2.51. The van der Waals surface area contributed by atoms with Crippen molar-refractivity contribution in [3.63, 3.8) is 0 Å². The van der Waals surface area contributed by atoms with E-state index >= 15 is 0 Å². The summed E-state index contributed by atoms with van der Waals surface area (Å²) in [7, 11) is 0. The van der Waals surface area contributed by atoms with E-state index in [-0.39, 0.29) is 5.41 Å². The molecule has 21 heavy (non-hydrogen) atoms. The molecule has 1 aromatic carbocycles. The highest BCUT2D eigenvalue weighted by atomic mass is 16.3. The van der Waals surface area contributed by atoms with Crippen LogP contribution in [0.15, 0.2) is 24.3 Å². The van der Waals surface area contributed by atoms with Crippen molar-refractivity contribution in [2.24, 2.45) is 17.1 Å². The summed E-state index contributed by atoms with van der Waals surface area (Å²) in [5, 5.41) is 11.1. The molecule has 3 N–H and O–H groups in total. The van der Waals surface area contributed by atoms with Crippen molar-refractivity contribution in [2.45, 2.75) is 63.9 Å². The molecular weight excluding hydrogens is 258 g/mol. The normalized spacial score (nSPS) is 31.1. The third kappa shape index (κ3) is 2.89. The van der Waals surface area contributed by atoms with Crippen LogP contribution >= 0.6 is 0 Å². The molecule has 0 spiro atoms. The van der Waals surface area contributed by atoms with Crippen LogP contribution in [0, 0.1) is 11.3 Å². The van der Waals surface area contributed by atoms with Gasteiger partial charge in [0.25, 0.3) is 0 Å². The lowest BCUT2D eigenvalue weighted by atomic mass is 9.65. The first-order chi connectivity index (χ1) is 10.2. The van der Waals surface area contributed by atoms with Gasteiger partial charge in [-0.2, -0.15) is 0 Å². The van der Waals surface area contributed by atoms with Gasteiger partial charge in [-0.15, -0.1) is 0 Å². The largest absolute Gasteiger partial charge is 0.388 e. The van der Waals surface area contributed by atoms with Crippen molar-refractivity contribution >= 4 is 0 Å². The minimum Gasteiger partial charge on any atom is -0.388 e. The molecule has 3 rings (SSSR count). The Kier molecular flexibility index (Phi) is 4.37. The van der Waals surface area contributed by atoms with Crippen LogP contribution < -0.4 is 5.73 Å². The van der Waals surface area contributed by atoms with Crippen molar-refractivity contribution in [1.29, 1.82) is 0 Å². The number of benzene rings is 1. The SMILES string of the molecule is CCC1CCC(CN)(C(O)c2ccccc2C2CC2)CC1. The highest BCUT2D eigenvalue weighted by molar-refractivity contribution is 5.36. The van der Waals surface area contributed by atoms with Crippen LogP contribution in [0.4, 0.5) is 0 Å². The zero-order valence-corrected chi connectivity index (χ0v) is 13.2. The van der Waals surface area contributed by atoms with Crippen LogP contribution in [-0.2, 0) is 0 Å². The monoisotopic (exact) mass is 287 g/mol. The molecule has 0 radical (unpaired) electrons. The fraction of sp³-hybridized carbons (Fsp3) is 0.684. The third-order valence-electron chi connectivity index (χ3n) is 5.97. The lowest BCUT2D eigenvalue weighted by Crippen LogP contribution is -2.40. The van der Waals surface area contributed by atoms with Crippen LogP contribution in [-0.4, -0.2) is 11.7 Å². The predicted octanol–water partition coefficient (Wildman–Crippen LogP) is 4.14. The standard InChI is InChI=1S/C19H29NO/c1-2-14-9-11-19(13-20,12-10-14)18(21)17-6-4-3-5-16(17)15-7-8-15/h3-6,14-15,18,21H,2,7-13,20H2,1H3. The van der Waals surface area contributed by atoms with Crippen LogP contribution in [0.25, 0.3) is 0 Å². The van der Waals surface area contributed by atoms with Gasteiger partial charge in [0.1, 0.15) is 0 Å². The maximum absolute atomic E-state index is 11.1. The summed E-state index contributed by atoms with van der Waals surface area (Å²) >= 11 is 0. The Labute approximate surface area is 128 Å². The molecule has 0 aliphatic heterocycles. The zero-order valence-electron chi connectivity index (χ0n) is 13.2. The molecule has 0 amide bonds. The Morgan fingerprint density at radius 2 is 1.86 bits per heavy atom. The Morgan fingerprint density at radius 1 is 1.19 bits per heavy atom. The van der Waals surface area contributed by atoms with Gasteiger partial charge in [0.15, 0.2) is 0 Å². The van der Waals surface area contributed by atoms with Crippen molar-refractivity contribution in [2.75, 3.05) is 6.54 Å². The van der Waals surface area contributed by atoms with Gasteiger partial charge in [-0.3, -0.25) is 0 Å². The first-order valence-corrected chi connectivity index (χ1v) is 8.67. The van der Waals surface area contributed by atoms with Gasteiger partial charge in [-0.05, 0) is 61.5 Å². The second-order valence-corrected chi connectivity index (χ2v) is 7.22. The first kappa shape index (κ1) is 15.1. The summed E-state index contributed by atoms with van der Waals surface area (Å²) in [5.41, 5.74) is 8.57. The summed E-state index contributed by atoms with van der Waals surface area (Å²) in [6.07, 6.45) is 8.00. The quantitative estimate of drug-likeness (QED) is 0.855. The minimum atomic E-state index is -0.392. The van der Waals surface area contributed by atoms with Crippen LogP contribution in [0.2, 0.25) is 0 Å². The lowest BCUT2D eigenvalue weighted by molar-refractivity contribution is -0.0108. The Balaban J connectivity index is 1.84. The van der Waals surface area contributed by atoms with E-state index in [9.17, 15) is 5.11 Å². The van der Waals surface area contributed by atoms with Crippen molar-refractivity contribution < 1.29 is 5.11 Å². The zero-order chi connectivity index (χ0) is 14.9. The average Bonchev–Trinajstić information content (AvgIpc) is 3.39. The molecule has 0 aromatic heterocycles. The van der Waals surface area contributed by atoms with Gasteiger partial charge < -0.3 is 10.8 Å². The van der Waals surface area contributed by atoms with Crippen LogP contribution in [0.5, 0.6) is 0 Å². The Bertz CT molecular complexity index is 472.